The zero-order valence-electron chi connectivity index (χ0n) is 6.52. The third-order valence-corrected chi connectivity index (χ3v) is 0.938. The third kappa shape index (κ3) is 3.27. The average molecular weight is 148 g/mol. The Bertz CT molecular complexity index is 116. The minimum absolute atomic E-state index is 0.0569. The fourth-order valence-electron chi connectivity index (χ4n) is 0.411. The molecule has 4 heteroatoms. The summed E-state index contributed by atoms with van der Waals surface area (Å²) >= 11 is 0. The zero-order valence-corrected chi connectivity index (χ0v) is 6.52. The van der Waals surface area contributed by atoms with Gasteiger partial charge >= 0.3 is 6.03 Å². The molecule has 10 heavy (non-hydrogen) atoms. The van der Waals surface area contributed by atoms with Crippen LogP contribution in [0.5, 0.6) is 0 Å². The van der Waals surface area contributed by atoms with Gasteiger partial charge in [-0.15, -0.1) is 0 Å². The highest BCUT2D eigenvalue weighted by Crippen LogP contribution is 1.86. The first kappa shape index (κ1) is 9.20. The average Bonchev–Trinajstić information content (AvgIpc) is 1.85. The van der Waals surface area contributed by atoms with Crippen molar-refractivity contribution in [1.82, 2.24) is 10.2 Å². The van der Waals surface area contributed by atoms with Gasteiger partial charge in [-0.1, -0.05) is 0 Å². The van der Waals surface area contributed by atoms with E-state index in [1.54, 1.807) is 0 Å². The van der Waals surface area contributed by atoms with Crippen LogP contribution in [0.1, 0.15) is 13.8 Å². The van der Waals surface area contributed by atoms with Crippen molar-refractivity contribution in [3.05, 3.63) is 0 Å². The molecule has 2 amide bonds. The molecule has 0 aromatic rings. The topological polar surface area (TPSA) is 32.3 Å². The van der Waals surface area contributed by atoms with Gasteiger partial charge in [-0.05, 0) is 13.8 Å². The number of urea groups is 1. The summed E-state index contributed by atoms with van der Waals surface area (Å²) in [5, 5.41) is 2.54. The lowest BCUT2D eigenvalue weighted by Crippen LogP contribution is -2.40. The summed E-state index contributed by atoms with van der Waals surface area (Å²) in [6.07, 6.45) is 0. The minimum Gasteiger partial charge on any atom is -0.336 e. The molecule has 3 nitrogen and oxygen atoms in total. The van der Waals surface area contributed by atoms with Gasteiger partial charge in [-0.2, -0.15) is 0 Å². The van der Waals surface area contributed by atoms with Crippen molar-refractivity contribution < 1.29 is 9.18 Å². The second-order valence-electron chi connectivity index (χ2n) is 2.42. The molecule has 0 rings (SSSR count). The minimum atomic E-state index is -0.751. The fraction of sp³-hybridized carbons (Fsp3) is 0.833. The summed E-state index contributed by atoms with van der Waals surface area (Å²) in [5.41, 5.74) is 0. The van der Waals surface area contributed by atoms with Crippen LogP contribution in [-0.4, -0.2) is 30.8 Å². The van der Waals surface area contributed by atoms with E-state index in [0.717, 1.165) is 4.90 Å². The molecule has 0 aromatic heterocycles. The Hall–Kier alpha value is -0.800. The normalized spacial score (nSPS) is 9.70. The summed E-state index contributed by atoms with van der Waals surface area (Å²) in [6.45, 7) is 2.90. The van der Waals surface area contributed by atoms with Crippen LogP contribution < -0.4 is 5.32 Å². The monoisotopic (exact) mass is 148 g/mol. The van der Waals surface area contributed by atoms with Gasteiger partial charge in [0.1, 0.15) is 0 Å². The molecule has 0 aliphatic rings. The Morgan fingerprint density at radius 1 is 1.70 bits per heavy atom. The van der Waals surface area contributed by atoms with E-state index in [0.29, 0.717) is 0 Å². The van der Waals surface area contributed by atoms with Gasteiger partial charge in [0.15, 0.2) is 6.80 Å². The Labute approximate surface area is 60.2 Å². The predicted molar refractivity (Wildman–Crippen MR) is 37.4 cm³/mol. The van der Waals surface area contributed by atoms with Crippen LogP contribution >= 0.6 is 0 Å². The highest BCUT2D eigenvalue weighted by Gasteiger charge is 2.06. The first-order valence-corrected chi connectivity index (χ1v) is 3.15. The number of nitrogens with one attached hydrogen (secondary N) is 1. The molecule has 0 spiro atoms. The summed E-state index contributed by atoms with van der Waals surface area (Å²) in [6, 6.07) is -0.320. The molecule has 0 aliphatic heterocycles. The van der Waals surface area contributed by atoms with Crippen molar-refractivity contribution in [3.8, 4) is 0 Å². The van der Waals surface area contributed by atoms with Crippen molar-refractivity contribution in [2.75, 3.05) is 13.8 Å². The summed E-state index contributed by atoms with van der Waals surface area (Å²) in [4.78, 5) is 11.7. The molecule has 0 unspecified atom stereocenters. The molecule has 0 saturated heterocycles. The molecule has 0 fully saturated rings. The second-order valence-corrected chi connectivity index (χ2v) is 2.42. The summed E-state index contributed by atoms with van der Waals surface area (Å²) < 4.78 is 11.8. The molecule has 0 saturated carbocycles. The second kappa shape index (κ2) is 4.09. The van der Waals surface area contributed by atoms with Crippen molar-refractivity contribution in [2.45, 2.75) is 19.9 Å². The van der Waals surface area contributed by atoms with Crippen LogP contribution in [0.3, 0.4) is 0 Å². The lowest BCUT2D eigenvalue weighted by Gasteiger charge is -2.15. The van der Waals surface area contributed by atoms with E-state index in [-0.39, 0.29) is 12.1 Å². The first-order valence-electron chi connectivity index (χ1n) is 3.15. The maximum atomic E-state index is 11.8. The van der Waals surface area contributed by atoms with E-state index in [2.05, 4.69) is 5.32 Å². The van der Waals surface area contributed by atoms with E-state index in [1.807, 2.05) is 13.8 Å². The number of amides is 2. The Morgan fingerprint density at radius 3 is 2.50 bits per heavy atom. The van der Waals surface area contributed by atoms with Crippen LogP contribution in [0.4, 0.5) is 9.18 Å². The van der Waals surface area contributed by atoms with Crippen LogP contribution in [0.2, 0.25) is 0 Å². The van der Waals surface area contributed by atoms with E-state index < -0.39 is 6.80 Å². The maximum absolute atomic E-state index is 11.8. The van der Waals surface area contributed by atoms with Crippen molar-refractivity contribution in [1.29, 1.82) is 0 Å². The van der Waals surface area contributed by atoms with Crippen molar-refractivity contribution >= 4 is 6.03 Å². The van der Waals surface area contributed by atoms with E-state index >= 15 is 0 Å². The summed E-state index contributed by atoms with van der Waals surface area (Å²) in [7, 11) is 1.40. The molecule has 0 radical (unpaired) electrons. The number of halogens is 1. The smallest absolute Gasteiger partial charge is 0.319 e. The van der Waals surface area contributed by atoms with Crippen LogP contribution in [0.25, 0.3) is 0 Å². The highest BCUT2D eigenvalue weighted by atomic mass is 19.1. The molecule has 0 heterocycles. The lowest BCUT2D eigenvalue weighted by molar-refractivity contribution is 0.184. The number of carbonyl (C=O) groups is 1. The van der Waals surface area contributed by atoms with Crippen LogP contribution in [0, 0.1) is 0 Å². The Morgan fingerprint density at radius 2 is 2.20 bits per heavy atom. The van der Waals surface area contributed by atoms with Gasteiger partial charge in [-0.3, -0.25) is 4.90 Å². The SMILES string of the molecule is CC(C)NC(=O)N(C)CF. The largest absolute Gasteiger partial charge is 0.336 e. The van der Waals surface area contributed by atoms with Crippen molar-refractivity contribution in [3.63, 3.8) is 0 Å². The molecule has 0 atom stereocenters. The number of nitrogens with zero attached hydrogens (tertiary/aromatic N) is 1. The Balaban J connectivity index is 3.62. The van der Waals surface area contributed by atoms with Crippen LogP contribution in [0.15, 0.2) is 0 Å². The van der Waals surface area contributed by atoms with Gasteiger partial charge in [-0.25, -0.2) is 9.18 Å². The number of hydrogen-bond donors (Lipinski definition) is 1. The molecule has 60 valence electrons. The number of hydrogen-bond acceptors (Lipinski definition) is 1. The molecule has 0 bridgehead atoms. The lowest BCUT2D eigenvalue weighted by atomic mass is 10.4. The van der Waals surface area contributed by atoms with E-state index in [1.165, 1.54) is 7.05 Å². The van der Waals surface area contributed by atoms with Crippen molar-refractivity contribution in [2.24, 2.45) is 0 Å². The number of alkyl halides is 1. The molecular formula is C6H13FN2O. The Kier molecular flexibility index (Phi) is 3.76. The molecule has 0 aromatic carbocycles. The van der Waals surface area contributed by atoms with Gasteiger partial charge in [0.05, 0.1) is 0 Å². The van der Waals surface area contributed by atoms with Gasteiger partial charge in [0.2, 0.25) is 0 Å². The maximum Gasteiger partial charge on any atom is 0.319 e. The van der Waals surface area contributed by atoms with E-state index in [4.69, 9.17) is 0 Å². The van der Waals surface area contributed by atoms with Gasteiger partial charge in [0.25, 0.3) is 0 Å². The fourth-order valence-corrected chi connectivity index (χ4v) is 0.411. The standard InChI is InChI=1S/C6H13FN2O/c1-5(2)8-6(10)9(3)4-7/h5H,4H2,1-3H3,(H,8,10). The first-order chi connectivity index (χ1) is 4.57. The third-order valence-electron chi connectivity index (χ3n) is 0.938. The van der Waals surface area contributed by atoms with Crippen LogP contribution in [-0.2, 0) is 0 Å². The van der Waals surface area contributed by atoms with Gasteiger partial charge < -0.3 is 5.32 Å². The molecular weight excluding hydrogens is 135 g/mol. The summed E-state index contributed by atoms with van der Waals surface area (Å²) in [5.74, 6) is 0. The molecule has 0 aliphatic carbocycles. The molecule has 1 N–H and O–H groups in total. The highest BCUT2D eigenvalue weighted by molar-refractivity contribution is 5.73. The number of rotatable bonds is 2. The zero-order chi connectivity index (χ0) is 8.15. The van der Waals surface area contributed by atoms with E-state index in [9.17, 15) is 9.18 Å². The van der Waals surface area contributed by atoms with Gasteiger partial charge in [0, 0.05) is 13.1 Å². The quantitative estimate of drug-likeness (QED) is 0.581. The number of carbonyl (C=O) groups excluding carboxylic acids is 1. The predicted octanol–water partition coefficient (Wildman–Crippen LogP) is 0.963.